The third-order valence-electron chi connectivity index (χ3n) is 2.63. The molecule has 0 aliphatic heterocycles. The maximum atomic E-state index is 11.6. The van der Waals surface area contributed by atoms with Crippen molar-refractivity contribution in [3.05, 3.63) is 38.7 Å². The summed E-state index contributed by atoms with van der Waals surface area (Å²) in [5.41, 5.74) is -0.0627. The Morgan fingerprint density at radius 1 is 1.17 bits per heavy atom. The van der Waals surface area contributed by atoms with E-state index in [0.29, 0.717) is 26.3 Å². The van der Waals surface area contributed by atoms with Crippen molar-refractivity contribution >= 4 is 44.9 Å². The Hall–Kier alpha value is -1.85. The van der Waals surface area contributed by atoms with Crippen LogP contribution in [0.4, 0.5) is 0 Å². The number of halogens is 2. The maximum Gasteiger partial charge on any atom is 0.277 e. The Bertz CT molecular complexity index is 845. The van der Waals surface area contributed by atoms with E-state index in [2.05, 4.69) is 15.2 Å². The summed E-state index contributed by atoms with van der Waals surface area (Å²) in [6.07, 6.45) is 1.44. The highest BCUT2D eigenvalue weighted by Crippen LogP contribution is 2.32. The van der Waals surface area contributed by atoms with Gasteiger partial charge in [-0.05, 0) is 12.1 Å². The number of hydrogen-bond donors (Lipinski definition) is 2. The molecule has 0 atom stereocenters. The predicted molar refractivity (Wildman–Crippen MR) is 69.3 cm³/mol. The van der Waals surface area contributed by atoms with E-state index in [1.807, 2.05) is 0 Å². The average Bonchev–Trinajstić information content (AvgIpc) is 2.32. The highest BCUT2D eigenvalue weighted by atomic mass is 35.5. The van der Waals surface area contributed by atoms with E-state index in [1.165, 1.54) is 12.3 Å². The number of fused-ring (bicyclic) bond motifs is 3. The Labute approximate surface area is 110 Å². The van der Waals surface area contributed by atoms with Crippen LogP contribution in [0.1, 0.15) is 0 Å². The Morgan fingerprint density at radius 3 is 2.67 bits per heavy atom. The quantitative estimate of drug-likeness (QED) is 0.621. The molecule has 2 aromatic heterocycles. The number of nitrogens with one attached hydrogen (secondary N) is 1. The largest absolute Gasteiger partial charge is 0.493 e. The van der Waals surface area contributed by atoms with Gasteiger partial charge in [-0.15, -0.1) is 0 Å². The molecular formula is C11H5Cl2N3O2. The fourth-order valence-electron chi connectivity index (χ4n) is 1.84. The van der Waals surface area contributed by atoms with E-state index in [-0.39, 0.29) is 11.3 Å². The zero-order valence-corrected chi connectivity index (χ0v) is 10.2. The van der Waals surface area contributed by atoms with Gasteiger partial charge in [0.1, 0.15) is 5.39 Å². The van der Waals surface area contributed by atoms with E-state index in [0.717, 1.165) is 0 Å². The van der Waals surface area contributed by atoms with Crippen molar-refractivity contribution in [3.8, 4) is 5.88 Å². The van der Waals surface area contributed by atoms with E-state index in [1.54, 1.807) is 6.07 Å². The van der Waals surface area contributed by atoms with Crippen molar-refractivity contribution in [1.29, 1.82) is 0 Å². The highest BCUT2D eigenvalue weighted by molar-refractivity contribution is 6.43. The number of pyridine rings is 1. The lowest BCUT2D eigenvalue weighted by molar-refractivity contribution is 0.462. The maximum absolute atomic E-state index is 11.6. The van der Waals surface area contributed by atoms with Crippen LogP contribution >= 0.6 is 23.2 Å². The molecule has 0 aliphatic carbocycles. The molecule has 0 radical (unpaired) electrons. The molecule has 0 spiro atoms. The second-order valence-electron chi connectivity index (χ2n) is 3.71. The molecule has 0 amide bonds. The molecule has 90 valence electrons. The standard InChI is InChI=1S/C11H5Cl2N3O2/c12-6-1-4-5-3-14-16-11(18)9(5)10(17)15-8(4)2-7(6)13/h1-3H,(H,15,17)(H,16,18). The Balaban J connectivity index is 2.65. The topological polar surface area (TPSA) is 78.9 Å². The van der Waals surface area contributed by atoms with Gasteiger partial charge < -0.3 is 5.11 Å². The third-order valence-corrected chi connectivity index (χ3v) is 3.36. The van der Waals surface area contributed by atoms with Gasteiger partial charge in [0.2, 0.25) is 5.88 Å². The van der Waals surface area contributed by atoms with Crippen LogP contribution in [0, 0.1) is 0 Å². The van der Waals surface area contributed by atoms with Crippen molar-refractivity contribution in [2.45, 2.75) is 0 Å². The molecule has 7 heteroatoms. The minimum Gasteiger partial charge on any atom is -0.493 e. The summed E-state index contributed by atoms with van der Waals surface area (Å²) < 4.78 is 0. The number of aromatic amines is 1. The van der Waals surface area contributed by atoms with Crippen LogP contribution in [0.3, 0.4) is 0 Å². The molecule has 18 heavy (non-hydrogen) atoms. The second-order valence-corrected chi connectivity index (χ2v) is 4.52. The predicted octanol–water partition coefficient (Wildman–Crippen LogP) is 2.48. The summed E-state index contributed by atoms with van der Waals surface area (Å²) in [6, 6.07) is 3.12. The summed E-state index contributed by atoms with van der Waals surface area (Å²) in [6.45, 7) is 0. The first-order valence-corrected chi connectivity index (χ1v) is 5.68. The average molecular weight is 282 g/mol. The van der Waals surface area contributed by atoms with E-state index < -0.39 is 5.56 Å². The molecule has 3 rings (SSSR count). The molecule has 1 aromatic carbocycles. The van der Waals surface area contributed by atoms with Crippen molar-refractivity contribution in [1.82, 2.24) is 15.2 Å². The van der Waals surface area contributed by atoms with Crippen LogP contribution in [-0.4, -0.2) is 20.3 Å². The first-order valence-electron chi connectivity index (χ1n) is 4.93. The van der Waals surface area contributed by atoms with Crippen molar-refractivity contribution < 1.29 is 5.11 Å². The molecule has 0 bridgehead atoms. The van der Waals surface area contributed by atoms with Crippen LogP contribution < -0.4 is 5.56 Å². The van der Waals surface area contributed by atoms with Gasteiger partial charge in [-0.3, -0.25) is 4.79 Å². The Morgan fingerprint density at radius 2 is 1.89 bits per heavy atom. The number of benzene rings is 1. The number of nitrogens with zero attached hydrogens (tertiary/aromatic N) is 2. The van der Waals surface area contributed by atoms with Crippen LogP contribution in [0.5, 0.6) is 5.88 Å². The first kappa shape index (κ1) is 11.3. The highest BCUT2D eigenvalue weighted by Gasteiger charge is 2.12. The van der Waals surface area contributed by atoms with Crippen molar-refractivity contribution in [2.75, 3.05) is 0 Å². The molecule has 0 unspecified atom stereocenters. The summed E-state index contributed by atoms with van der Waals surface area (Å²) in [5, 5.41) is 17.6. The van der Waals surface area contributed by atoms with Crippen molar-refractivity contribution in [3.63, 3.8) is 0 Å². The fraction of sp³-hybridized carbons (Fsp3) is 0. The first-order chi connectivity index (χ1) is 8.58. The summed E-state index contributed by atoms with van der Waals surface area (Å²) in [5.74, 6) is -0.362. The van der Waals surface area contributed by atoms with Crippen LogP contribution in [0.25, 0.3) is 21.7 Å². The summed E-state index contributed by atoms with van der Waals surface area (Å²) >= 11 is 11.8. The van der Waals surface area contributed by atoms with Gasteiger partial charge in [-0.2, -0.15) is 5.10 Å². The van der Waals surface area contributed by atoms with Gasteiger partial charge in [0.05, 0.1) is 21.8 Å². The molecule has 0 saturated carbocycles. The van der Waals surface area contributed by atoms with Gasteiger partial charge in [0.25, 0.3) is 5.56 Å². The number of aromatic hydroxyl groups is 1. The van der Waals surface area contributed by atoms with Gasteiger partial charge in [-0.25, -0.2) is 10.1 Å². The van der Waals surface area contributed by atoms with Gasteiger partial charge in [-0.1, -0.05) is 23.2 Å². The molecule has 2 N–H and O–H groups in total. The molecule has 5 nitrogen and oxygen atoms in total. The summed E-state index contributed by atoms with van der Waals surface area (Å²) in [4.78, 5) is 15.5. The van der Waals surface area contributed by atoms with Crippen LogP contribution in [0.15, 0.2) is 23.1 Å². The zero-order valence-electron chi connectivity index (χ0n) is 8.74. The van der Waals surface area contributed by atoms with E-state index in [9.17, 15) is 9.90 Å². The minimum atomic E-state index is -0.509. The molecular weight excluding hydrogens is 277 g/mol. The van der Waals surface area contributed by atoms with E-state index >= 15 is 0 Å². The normalized spacial score (nSPS) is 11.2. The smallest absolute Gasteiger partial charge is 0.277 e. The Kier molecular flexibility index (Phi) is 2.39. The number of hydrogen-bond acceptors (Lipinski definition) is 4. The zero-order chi connectivity index (χ0) is 12.9. The minimum absolute atomic E-state index is 0.0795. The number of H-pyrrole nitrogens is 1. The third kappa shape index (κ3) is 1.52. The number of aromatic nitrogens is 3. The molecule has 0 fully saturated rings. The molecule has 2 heterocycles. The lowest BCUT2D eigenvalue weighted by Crippen LogP contribution is -2.08. The van der Waals surface area contributed by atoms with Gasteiger partial charge in [0, 0.05) is 10.8 Å². The van der Waals surface area contributed by atoms with Gasteiger partial charge >= 0.3 is 0 Å². The van der Waals surface area contributed by atoms with Crippen molar-refractivity contribution in [2.24, 2.45) is 0 Å². The lowest BCUT2D eigenvalue weighted by Gasteiger charge is -2.05. The van der Waals surface area contributed by atoms with Crippen LogP contribution in [-0.2, 0) is 0 Å². The van der Waals surface area contributed by atoms with E-state index in [4.69, 9.17) is 23.2 Å². The van der Waals surface area contributed by atoms with Crippen LogP contribution in [0.2, 0.25) is 10.0 Å². The van der Waals surface area contributed by atoms with Gasteiger partial charge in [0.15, 0.2) is 0 Å². The molecule has 0 aliphatic rings. The monoisotopic (exact) mass is 281 g/mol. The second kappa shape index (κ2) is 3.83. The molecule has 3 aromatic rings. The lowest BCUT2D eigenvalue weighted by atomic mass is 10.1. The number of rotatable bonds is 0. The SMILES string of the molecule is O=c1[nH]ncc2c1c(O)nc1cc(Cl)c(Cl)cc12. The summed E-state index contributed by atoms with van der Waals surface area (Å²) in [7, 11) is 0. The molecule has 0 saturated heterocycles. The fourth-order valence-corrected chi connectivity index (χ4v) is 2.16.